The van der Waals surface area contributed by atoms with E-state index in [2.05, 4.69) is 9.97 Å². The van der Waals surface area contributed by atoms with Crippen molar-refractivity contribution in [1.82, 2.24) is 14.5 Å². The van der Waals surface area contributed by atoms with Gasteiger partial charge in [-0.2, -0.15) is 0 Å². The third-order valence-electron chi connectivity index (χ3n) is 2.03. The highest BCUT2D eigenvalue weighted by atomic mass is 19.1. The van der Waals surface area contributed by atoms with Gasteiger partial charge >= 0.3 is 0 Å². The number of aliphatic hydroxyl groups excluding tert-OH is 1. The predicted molar refractivity (Wildman–Crippen MR) is 52.5 cm³/mol. The van der Waals surface area contributed by atoms with Crippen LogP contribution in [0.5, 0.6) is 0 Å². The summed E-state index contributed by atoms with van der Waals surface area (Å²) in [5.41, 5.74) is 0.205. The zero-order valence-electron chi connectivity index (χ0n) is 7.97. The van der Waals surface area contributed by atoms with Gasteiger partial charge in [-0.1, -0.05) is 0 Å². The SMILES string of the molecule is OCCn1ccnc1-c1ncccc1F. The summed E-state index contributed by atoms with van der Waals surface area (Å²) in [6.07, 6.45) is 4.75. The lowest BCUT2D eigenvalue weighted by Gasteiger charge is -2.05. The summed E-state index contributed by atoms with van der Waals surface area (Å²) in [4.78, 5) is 7.94. The van der Waals surface area contributed by atoms with Gasteiger partial charge in [-0.15, -0.1) is 0 Å². The molecule has 0 bridgehead atoms. The molecule has 0 saturated carbocycles. The van der Waals surface area contributed by atoms with Crippen LogP contribution in [-0.2, 0) is 6.54 Å². The summed E-state index contributed by atoms with van der Waals surface area (Å²) in [5, 5.41) is 8.82. The molecule has 5 heteroatoms. The van der Waals surface area contributed by atoms with Crippen LogP contribution in [0.4, 0.5) is 4.39 Å². The number of aliphatic hydroxyl groups is 1. The number of rotatable bonds is 3. The lowest BCUT2D eigenvalue weighted by atomic mass is 10.3. The first-order valence-electron chi connectivity index (χ1n) is 4.56. The van der Waals surface area contributed by atoms with Crippen LogP contribution in [0, 0.1) is 5.82 Å². The molecule has 0 fully saturated rings. The average Bonchev–Trinajstić information content (AvgIpc) is 2.67. The van der Waals surface area contributed by atoms with E-state index in [4.69, 9.17) is 5.11 Å². The van der Waals surface area contributed by atoms with Crippen molar-refractivity contribution in [2.24, 2.45) is 0 Å². The van der Waals surface area contributed by atoms with Crippen LogP contribution in [0.15, 0.2) is 30.7 Å². The van der Waals surface area contributed by atoms with E-state index in [1.807, 2.05) is 0 Å². The maximum Gasteiger partial charge on any atom is 0.161 e. The zero-order valence-corrected chi connectivity index (χ0v) is 7.97. The van der Waals surface area contributed by atoms with Crippen molar-refractivity contribution >= 4 is 0 Å². The van der Waals surface area contributed by atoms with E-state index in [1.54, 1.807) is 17.0 Å². The maximum absolute atomic E-state index is 13.4. The first-order valence-corrected chi connectivity index (χ1v) is 4.56. The van der Waals surface area contributed by atoms with E-state index in [-0.39, 0.29) is 12.3 Å². The second-order valence-corrected chi connectivity index (χ2v) is 3.00. The molecule has 0 atom stereocenters. The van der Waals surface area contributed by atoms with Crippen LogP contribution < -0.4 is 0 Å². The fraction of sp³-hybridized carbons (Fsp3) is 0.200. The molecule has 0 aromatic carbocycles. The van der Waals surface area contributed by atoms with Crippen molar-refractivity contribution in [3.63, 3.8) is 0 Å². The van der Waals surface area contributed by atoms with Crippen molar-refractivity contribution in [1.29, 1.82) is 0 Å². The van der Waals surface area contributed by atoms with Gasteiger partial charge in [0, 0.05) is 25.1 Å². The van der Waals surface area contributed by atoms with Crippen LogP contribution in [-0.4, -0.2) is 26.2 Å². The van der Waals surface area contributed by atoms with E-state index < -0.39 is 5.82 Å². The molecule has 2 aromatic rings. The van der Waals surface area contributed by atoms with E-state index in [0.29, 0.717) is 12.4 Å². The fourth-order valence-corrected chi connectivity index (χ4v) is 1.36. The molecule has 0 aliphatic heterocycles. The Hall–Kier alpha value is -1.75. The molecule has 15 heavy (non-hydrogen) atoms. The van der Waals surface area contributed by atoms with Crippen molar-refractivity contribution in [2.45, 2.75) is 6.54 Å². The number of aromatic nitrogens is 3. The highest BCUT2D eigenvalue weighted by molar-refractivity contribution is 5.50. The molecule has 0 saturated heterocycles. The van der Waals surface area contributed by atoms with Crippen LogP contribution in [0.1, 0.15) is 0 Å². The van der Waals surface area contributed by atoms with Crippen molar-refractivity contribution in [2.75, 3.05) is 6.61 Å². The van der Waals surface area contributed by atoms with Gasteiger partial charge in [0.05, 0.1) is 6.61 Å². The number of nitrogens with zero attached hydrogens (tertiary/aromatic N) is 3. The molecule has 2 rings (SSSR count). The van der Waals surface area contributed by atoms with Crippen molar-refractivity contribution < 1.29 is 9.50 Å². The molecule has 0 aliphatic carbocycles. The van der Waals surface area contributed by atoms with E-state index in [1.165, 1.54) is 18.3 Å². The summed E-state index contributed by atoms with van der Waals surface area (Å²) < 4.78 is 15.1. The summed E-state index contributed by atoms with van der Waals surface area (Å²) >= 11 is 0. The molecular weight excluding hydrogens is 197 g/mol. The lowest BCUT2D eigenvalue weighted by Crippen LogP contribution is -2.04. The quantitative estimate of drug-likeness (QED) is 0.819. The summed E-state index contributed by atoms with van der Waals surface area (Å²) in [6.45, 7) is 0.364. The Kier molecular flexibility index (Phi) is 2.73. The van der Waals surface area contributed by atoms with Gasteiger partial charge in [0.25, 0.3) is 0 Å². The Morgan fingerprint density at radius 2 is 2.20 bits per heavy atom. The van der Waals surface area contributed by atoms with Crippen molar-refractivity contribution in [3.8, 4) is 11.5 Å². The third-order valence-corrected chi connectivity index (χ3v) is 2.03. The van der Waals surface area contributed by atoms with E-state index in [9.17, 15) is 4.39 Å². The van der Waals surface area contributed by atoms with Gasteiger partial charge in [-0.05, 0) is 12.1 Å². The lowest BCUT2D eigenvalue weighted by molar-refractivity contribution is 0.276. The van der Waals surface area contributed by atoms with Gasteiger partial charge < -0.3 is 9.67 Å². The molecule has 0 unspecified atom stereocenters. The number of hydrogen-bond donors (Lipinski definition) is 1. The molecule has 0 radical (unpaired) electrons. The number of pyridine rings is 1. The van der Waals surface area contributed by atoms with Crippen LogP contribution in [0.2, 0.25) is 0 Å². The zero-order chi connectivity index (χ0) is 10.7. The molecule has 0 aliphatic rings. The second-order valence-electron chi connectivity index (χ2n) is 3.00. The standard InChI is InChI=1S/C10H10FN3O/c11-8-2-1-3-12-9(8)10-13-4-5-14(10)6-7-15/h1-5,15H,6-7H2. The molecule has 2 heterocycles. The maximum atomic E-state index is 13.4. The van der Waals surface area contributed by atoms with Gasteiger partial charge in [-0.25, -0.2) is 14.4 Å². The fourth-order valence-electron chi connectivity index (χ4n) is 1.36. The average molecular weight is 207 g/mol. The van der Waals surface area contributed by atoms with Crippen LogP contribution in [0.3, 0.4) is 0 Å². The Balaban J connectivity index is 2.45. The number of hydrogen-bond acceptors (Lipinski definition) is 3. The molecule has 0 amide bonds. The summed E-state index contributed by atoms with van der Waals surface area (Å²) in [7, 11) is 0. The number of halogens is 1. The Morgan fingerprint density at radius 3 is 2.93 bits per heavy atom. The monoisotopic (exact) mass is 207 g/mol. The van der Waals surface area contributed by atoms with Gasteiger partial charge in [0.2, 0.25) is 0 Å². The van der Waals surface area contributed by atoms with Crippen LogP contribution >= 0.6 is 0 Å². The van der Waals surface area contributed by atoms with Crippen molar-refractivity contribution in [3.05, 3.63) is 36.5 Å². The minimum absolute atomic E-state index is 0.0161. The molecular formula is C10H10FN3O. The first kappa shape index (κ1) is 9.79. The molecule has 78 valence electrons. The normalized spacial score (nSPS) is 10.5. The van der Waals surface area contributed by atoms with E-state index in [0.717, 1.165) is 0 Å². The Labute approximate surface area is 86.0 Å². The topological polar surface area (TPSA) is 50.9 Å². The Bertz CT molecular complexity index is 455. The minimum Gasteiger partial charge on any atom is -0.395 e. The highest BCUT2D eigenvalue weighted by Crippen LogP contribution is 2.17. The smallest absolute Gasteiger partial charge is 0.161 e. The second kappa shape index (κ2) is 4.18. The van der Waals surface area contributed by atoms with E-state index >= 15 is 0 Å². The van der Waals surface area contributed by atoms with Gasteiger partial charge in [-0.3, -0.25) is 0 Å². The third kappa shape index (κ3) is 1.87. The predicted octanol–water partition coefficient (Wildman–Crippen LogP) is 1.08. The molecule has 2 aromatic heterocycles. The Morgan fingerprint density at radius 1 is 1.33 bits per heavy atom. The molecule has 0 spiro atoms. The largest absolute Gasteiger partial charge is 0.395 e. The van der Waals surface area contributed by atoms with Gasteiger partial charge in [0.1, 0.15) is 5.69 Å². The minimum atomic E-state index is -0.414. The highest BCUT2D eigenvalue weighted by Gasteiger charge is 2.11. The molecule has 1 N–H and O–H groups in total. The number of imidazole rings is 1. The van der Waals surface area contributed by atoms with Gasteiger partial charge in [0.15, 0.2) is 11.6 Å². The molecule has 4 nitrogen and oxygen atoms in total. The summed E-state index contributed by atoms with van der Waals surface area (Å²) in [5.74, 6) is 0.0186. The van der Waals surface area contributed by atoms with Crippen LogP contribution in [0.25, 0.3) is 11.5 Å². The first-order chi connectivity index (χ1) is 7.33. The summed E-state index contributed by atoms with van der Waals surface area (Å²) in [6, 6.07) is 2.86.